The second-order valence-electron chi connectivity index (χ2n) is 4.76. The van der Waals surface area contributed by atoms with E-state index in [-0.39, 0.29) is 17.5 Å². The van der Waals surface area contributed by atoms with Crippen molar-refractivity contribution in [2.75, 3.05) is 11.1 Å². The van der Waals surface area contributed by atoms with E-state index in [1.807, 2.05) is 13.8 Å². The van der Waals surface area contributed by atoms with Gasteiger partial charge in [0.15, 0.2) is 11.6 Å². The molecule has 0 aliphatic heterocycles. The molecule has 2 rings (SSSR count). The van der Waals surface area contributed by atoms with Crippen LogP contribution >= 0.6 is 0 Å². The number of halogens is 3. The van der Waals surface area contributed by atoms with Gasteiger partial charge in [-0.25, -0.2) is 13.2 Å². The van der Waals surface area contributed by atoms with Crippen LogP contribution in [0.2, 0.25) is 0 Å². The van der Waals surface area contributed by atoms with Gasteiger partial charge in [0.1, 0.15) is 11.6 Å². The topological polar surface area (TPSA) is 47.3 Å². The molecule has 0 aliphatic rings. The van der Waals surface area contributed by atoms with Gasteiger partial charge in [-0.05, 0) is 26.0 Å². The molecular formula is C15H15F3N2O. The Kier molecular flexibility index (Phi) is 4.26. The Labute approximate surface area is 120 Å². The van der Waals surface area contributed by atoms with Crippen molar-refractivity contribution in [2.45, 2.75) is 20.0 Å². The van der Waals surface area contributed by atoms with Crippen molar-refractivity contribution in [3.05, 3.63) is 47.8 Å². The SMILES string of the molecule is CC(C)Oc1cccc(Nc2cc(F)cc(F)c2F)c1N. The van der Waals surface area contributed by atoms with Gasteiger partial charge in [0.05, 0.1) is 23.2 Å². The van der Waals surface area contributed by atoms with Crippen LogP contribution in [0.5, 0.6) is 5.75 Å². The van der Waals surface area contributed by atoms with Crippen LogP contribution in [0.1, 0.15) is 13.8 Å². The third-order valence-electron chi connectivity index (χ3n) is 2.69. The van der Waals surface area contributed by atoms with Crippen molar-refractivity contribution in [3.8, 4) is 5.75 Å². The molecule has 3 N–H and O–H groups in total. The van der Waals surface area contributed by atoms with Crippen LogP contribution in [0.15, 0.2) is 30.3 Å². The number of rotatable bonds is 4. The van der Waals surface area contributed by atoms with Gasteiger partial charge in [0.2, 0.25) is 0 Å². The number of ether oxygens (including phenoxy) is 1. The molecule has 112 valence electrons. The van der Waals surface area contributed by atoms with Crippen LogP contribution in [0.4, 0.5) is 30.2 Å². The zero-order valence-electron chi connectivity index (χ0n) is 11.6. The highest BCUT2D eigenvalue weighted by Gasteiger charge is 2.14. The minimum atomic E-state index is -1.27. The van der Waals surface area contributed by atoms with E-state index in [0.717, 1.165) is 6.07 Å². The van der Waals surface area contributed by atoms with E-state index in [9.17, 15) is 13.2 Å². The summed E-state index contributed by atoms with van der Waals surface area (Å²) < 4.78 is 45.5. The van der Waals surface area contributed by atoms with Gasteiger partial charge < -0.3 is 15.8 Å². The first kappa shape index (κ1) is 15.0. The summed E-state index contributed by atoms with van der Waals surface area (Å²) in [7, 11) is 0. The van der Waals surface area contributed by atoms with Crippen LogP contribution in [0, 0.1) is 17.5 Å². The Morgan fingerprint density at radius 3 is 2.48 bits per heavy atom. The van der Waals surface area contributed by atoms with Crippen molar-refractivity contribution >= 4 is 17.1 Å². The molecule has 0 spiro atoms. The summed E-state index contributed by atoms with van der Waals surface area (Å²) in [5.74, 6) is -2.92. The number of nitrogens with one attached hydrogen (secondary N) is 1. The average molecular weight is 296 g/mol. The molecule has 0 radical (unpaired) electrons. The number of nitrogens with two attached hydrogens (primary N) is 1. The highest BCUT2D eigenvalue weighted by Crippen LogP contribution is 2.33. The average Bonchev–Trinajstić information content (AvgIpc) is 2.39. The molecule has 0 heterocycles. The van der Waals surface area contributed by atoms with Crippen LogP contribution in [-0.2, 0) is 0 Å². The lowest BCUT2D eigenvalue weighted by atomic mass is 10.2. The standard InChI is InChI=1S/C15H15F3N2O/c1-8(2)21-13-5-3-4-11(15(13)19)20-12-7-9(16)6-10(17)14(12)18/h3-8,20H,19H2,1-2H3. The van der Waals surface area contributed by atoms with Gasteiger partial charge in [-0.15, -0.1) is 0 Å². The highest BCUT2D eigenvalue weighted by molar-refractivity contribution is 5.77. The van der Waals surface area contributed by atoms with Crippen molar-refractivity contribution in [1.29, 1.82) is 0 Å². The van der Waals surface area contributed by atoms with Gasteiger partial charge >= 0.3 is 0 Å². The Bertz CT molecular complexity index is 660. The van der Waals surface area contributed by atoms with E-state index >= 15 is 0 Å². The zero-order valence-corrected chi connectivity index (χ0v) is 11.6. The predicted octanol–water partition coefficient (Wildman–Crippen LogP) is 4.22. The van der Waals surface area contributed by atoms with E-state index in [1.165, 1.54) is 0 Å². The summed E-state index contributed by atoms with van der Waals surface area (Å²) >= 11 is 0. The number of benzene rings is 2. The maximum Gasteiger partial charge on any atom is 0.182 e. The molecule has 0 fully saturated rings. The first-order chi connectivity index (χ1) is 9.88. The van der Waals surface area contributed by atoms with Crippen LogP contribution in [0.25, 0.3) is 0 Å². The van der Waals surface area contributed by atoms with Gasteiger partial charge in [0.25, 0.3) is 0 Å². The van der Waals surface area contributed by atoms with Crippen LogP contribution < -0.4 is 15.8 Å². The van der Waals surface area contributed by atoms with Gasteiger partial charge in [-0.1, -0.05) is 6.07 Å². The number of nitrogen functional groups attached to an aromatic ring is 1. The highest BCUT2D eigenvalue weighted by atomic mass is 19.2. The van der Waals surface area contributed by atoms with Gasteiger partial charge in [-0.2, -0.15) is 0 Å². The van der Waals surface area contributed by atoms with Gasteiger partial charge in [-0.3, -0.25) is 0 Å². The molecule has 6 heteroatoms. The lowest BCUT2D eigenvalue weighted by molar-refractivity contribution is 0.244. The van der Waals surface area contributed by atoms with E-state index in [4.69, 9.17) is 10.5 Å². The number of para-hydroxylation sites is 1. The molecule has 2 aromatic rings. The summed E-state index contributed by atoms with van der Waals surface area (Å²) in [5, 5.41) is 2.58. The zero-order chi connectivity index (χ0) is 15.6. The summed E-state index contributed by atoms with van der Waals surface area (Å²) in [6.45, 7) is 3.67. The number of hydrogen-bond donors (Lipinski definition) is 2. The molecule has 0 amide bonds. The molecule has 3 nitrogen and oxygen atoms in total. The summed E-state index contributed by atoms with van der Waals surface area (Å²) in [6, 6.07) is 6.19. The fourth-order valence-corrected chi connectivity index (χ4v) is 1.80. The third-order valence-corrected chi connectivity index (χ3v) is 2.69. The van der Waals surface area contributed by atoms with Crippen LogP contribution in [0.3, 0.4) is 0 Å². The third kappa shape index (κ3) is 3.39. The van der Waals surface area contributed by atoms with Crippen molar-refractivity contribution < 1.29 is 17.9 Å². The molecule has 0 saturated heterocycles. The molecule has 0 aliphatic carbocycles. The van der Waals surface area contributed by atoms with Crippen molar-refractivity contribution in [2.24, 2.45) is 0 Å². The largest absolute Gasteiger partial charge is 0.489 e. The molecule has 2 aromatic carbocycles. The smallest absolute Gasteiger partial charge is 0.182 e. The van der Waals surface area contributed by atoms with Crippen LogP contribution in [-0.4, -0.2) is 6.10 Å². The lowest BCUT2D eigenvalue weighted by Gasteiger charge is -2.16. The summed E-state index contributed by atoms with van der Waals surface area (Å²) in [5.41, 5.74) is 6.11. The Morgan fingerprint density at radius 2 is 1.81 bits per heavy atom. The normalized spacial score (nSPS) is 10.8. The van der Waals surface area contributed by atoms with Crippen molar-refractivity contribution in [1.82, 2.24) is 0 Å². The molecule has 0 unspecified atom stereocenters. The fourth-order valence-electron chi connectivity index (χ4n) is 1.80. The Balaban J connectivity index is 2.36. The Hall–Kier alpha value is -2.37. The van der Waals surface area contributed by atoms with E-state index < -0.39 is 17.5 Å². The minimum Gasteiger partial charge on any atom is -0.489 e. The van der Waals surface area contributed by atoms with E-state index in [1.54, 1.807) is 18.2 Å². The van der Waals surface area contributed by atoms with Crippen molar-refractivity contribution in [3.63, 3.8) is 0 Å². The second kappa shape index (κ2) is 5.95. The van der Waals surface area contributed by atoms with Gasteiger partial charge in [0, 0.05) is 12.1 Å². The second-order valence-corrected chi connectivity index (χ2v) is 4.76. The maximum atomic E-state index is 13.6. The molecular weight excluding hydrogens is 281 g/mol. The number of hydrogen-bond acceptors (Lipinski definition) is 3. The molecule has 0 bridgehead atoms. The molecule has 21 heavy (non-hydrogen) atoms. The number of anilines is 3. The summed E-state index contributed by atoms with van der Waals surface area (Å²) in [6.07, 6.45) is -0.0918. The first-order valence-corrected chi connectivity index (χ1v) is 6.35. The quantitative estimate of drug-likeness (QED) is 0.656. The minimum absolute atomic E-state index is 0.0918. The monoisotopic (exact) mass is 296 g/mol. The Morgan fingerprint density at radius 1 is 1.10 bits per heavy atom. The molecule has 0 aromatic heterocycles. The lowest BCUT2D eigenvalue weighted by Crippen LogP contribution is -2.08. The fraction of sp³-hybridized carbons (Fsp3) is 0.200. The first-order valence-electron chi connectivity index (χ1n) is 6.35. The molecule has 0 atom stereocenters. The maximum absolute atomic E-state index is 13.6. The van der Waals surface area contributed by atoms with E-state index in [2.05, 4.69) is 5.32 Å². The predicted molar refractivity (Wildman–Crippen MR) is 76.2 cm³/mol. The summed E-state index contributed by atoms with van der Waals surface area (Å²) in [4.78, 5) is 0. The molecule has 0 saturated carbocycles. The van der Waals surface area contributed by atoms with E-state index in [0.29, 0.717) is 17.5 Å².